The van der Waals surface area contributed by atoms with Crippen LogP contribution in [0.1, 0.15) is 16.7 Å². The average Bonchev–Trinajstić information content (AvgIpc) is 2.58. The molecule has 2 aromatic carbocycles. The molecule has 1 amide bonds. The first-order chi connectivity index (χ1) is 11.9. The molecule has 1 unspecified atom stereocenters. The highest BCUT2D eigenvalue weighted by atomic mass is 35.5. The van der Waals surface area contributed by atoms with Gasteiger partial charge in [-0.3, -0.25) is 4.79 Å². The molecule has 0 aromatic heterocycles. The van der Waals surface area contributed by atoms with E-state index in [-0.39, 0.29) is 11.7 Å². The lowest BCUT2D eigenvalue weighted by Crippen LogP contribution is -2.37. The number of anilines is 1. The lowest BCUT2D eigenvalue weighted by Gasteiger charge is -2.18. The number of carbonyl (C=O) groups excluding carboxylic acids is 1. The van der Waals surface area contributed by atoms with Crippen LogP contribution in [0.15, 0.2) is 49.2 Å². The Labute approximate surface area is 150 Å². The number of halogens is 2. The molecule has 0 saturated carbocycles. The molecule has 1 aliphatic heterocycles. The van der Waals surface area contributed by atoms with E-state index in [1.807, 2.05) is 6.08 Å². The van der Waals surface area contributed by atoms with Crippen LogP contribution in [0.25, 0.3) is 11.8 Å². The first kappa shape index (κ1) is 17.2. The summed E-state index contributed by atoms with van der Waals surface area (Å²) in [5.41, 5.74) is 9.74. The zero-order valence-corrected chi connectivity index (χ0v) is 14.1. The molecule has 2 aromatic rings. The number of rotatable bonds is 4. The van der Waals surface area contributed by atoms with E-state index in [1.165, 1.54) is 12.1 Å². The van der Waals surface area contributed by atoms with Crippen molar-refractivity contribution in [3.05, 3.63) is 76.7 Å². The number of nitrogens with one attached hydrogen (secondary N) is 2. The highest BCUT2D eigenvalue weighted by molar-refractivity contribution is 6.34. The fraction of sp³-hybridized carbons (Fsp3) is 0.105. The fourth-order valence-corrected chi connectivity index (χ4v) is 2.80. The van der Waals surface area contributed by atoms with Crippen LogP contribution >= 0.6 is 11.6 Å². The van der Waals surface area contributed by atoms with Crippen molar-refractivity contribution >= 4 is 35.0 Å². The fourth-order valence-electron chi connectivity index (χ4n) is 2.59. The van der Waals surface area contributed by atoms with Gasteiger partial charge in [0.2, 0.25) is 5.91 Å². The minimum atomic E-state index is -0.773. The highest BCUT2D eigenvalue weighted by Crippen LogP contribution is 2.31. The minimum absolute atomic E-state index is 0.301. The van der Waals surface area contributed by atoms with Crippen molar-refractivity contribution in [1.29, 1.82) is 0 Å². The molecule has 3 rings (SSSR count). The second-order valence-electron chi connectivity index (χ2n) is 5.80. The van der Waals surface area contributed by atoms with Gasteiger partial charge in [0.1, 0.15) is 5.82 Å². The van der Waals surface area contributed by atoms with Crippen molar-refractivity contribution in [2.75, 3.05) is 5.32 Å². The molecule has 1 aliphatic rings. The molecule has 0 bridgehead atoms. The van der Waals surface area contributed by atoms with Crippen LogP contribution in [-0.2, 0) is 11.2 Å². The zero-order chi connectivity index (χ0) is 18.0. The first-order valence-electron chi connectivity index (χ1n) is 7.71. The molecule has 1 atom stereocenters. The van der Waals surface area contributed by atoms with E-state index in [9.17, 15) is 9.18 Å². The van der Waals surface area contributed by atoms with Crippen LogP contribution in [0.3, 0.4) is 0 Å². The second kappa shape index (κ2) is 7.09. The predicted molar refractivity (Wildman–Crippen MR) is 99.4 cm³/mol. The van der Waals surface area contributed by atoms with Gasteiger partial charge in [-0.25, -0.2) is 4.39 Å². The summed E-state index contributed by atoms with van der Waals surface area (Å²) < 4.78 is 12.9. The van der Waals surface area contributed by atoms with Gasteiger partial charge in [-0.1, -0.05) is 30.3 Å². The Morgan fingerprint density at radius 2 is 2.04 bits per heavy atom. The SMILES string of the molecule is C=C1NC=Cc2cc(NC(=O)C(N)Cc3ccc(F)cc3)c(Cl)cc21. The standard InChI is InChI=1S/C19H17ClFN3O/c1-11-15-10-16(20)18(9-13(15)6-7-23-11)24-19(25)17(22)8-12-2-4-14(21)5-3-12/h2-7,9-10,17,23H,1,8,22H2,(H,24,25). The maximum atomic E-state index is 12.9. The van der Waals surface area contributed by atoms with Crippen molar-refractivity contribution in [3.63, 3.8) is 0 Å². The van der Waals surface area contributed by atoms with E-state index >= 15 is 0 Å². The van der Waals surface area contributed by atoms with E-state index in [2.05, 4.69) is 17.2 Å². The molecule has 0 saturated heterocycles. The van der Waals surface area contributed by atoms with Crippen molar-refractivity contribution < 1.29 is 9.18 Å². The van der Waals surface area contributed by atoms with Crippen molar-refractivity contribution in [2.45, 2.75) is 12.5 Å². The molecule has 0 fully saturated rings. The summed E-state index contributed by atoms with van der Waals surface area (Å²) in [7, 11) is 0. The molecule has 4 N–H and O–H groups in total. The number of benzene rings is 2. The maximum absolute atomic E-state index is 12.9. The van der Waals surface area contributed by atoms with E-state index in [0.717, 1.165) is 22.4 Å². The van der Waals surface area contributed by atoms with E-state index in [1.54, 1.807) is 30.5 Å². The Morgan fingerprint density at radius 1 is 1.32 bits per heavy atom. The van der Waals surface area contributed by atoms with Gasteiger partial charge in [-0.05, 0) is 47.9 Å². The number of amides is 1. The molecular weight excluding hydrogens is 341 g/mol. The zero-order valence-electron chi connectivity index (χ0n) is 13.4. The smallest absolute Gasteiger partial charge is 0.241 e. The van der Waals surface area contributed by atoms with E-state index in [4.69, 9.17) is 17.3 Å². The Hall–Kier alpha value is -2.63. The topological polar surface area (TPSA) is 67.1 Å². The lowest BCUT2D eigenvalue weighted by atomic mass is 10.0. The molecule has 0 spiro atoms. The monoisotopic (exact) mass is 357 g/mol. The van der Waals surface area contributed by atoms with Crippen molar-refractivity contribution in [1.82, 2.24) is 5.32 Å². The van der Waals surface area contributed by atoms with Crippen molar-refractivity contribution in [2.24, 2.45) is 5.73 Å². The van der Waals surface area contributed by atoms with Crippen LogP contribution in [0.5, 0.6) is 0 Å². The minimum Gasteiger partial charge on any atom is -0.362 e. The van der Waals surface area contributed by atoms with Gasteiger partial charge >= 0.3 is 0 Å². The lowest BCUT2D eigenvalue weighted by molar-refractivity contribution is -0.117. The van der Waals surface area contributed by atoms with Gasteiger partial charge in [0.25, 0.3) is 0 Å². The summed E-state index contributed by atoms with van der Waals surface area (Å²) in [5.74, 6) is -0.685. The molecular formula is C19H17ClFN3O. The van der Waals surface area contributed by atoms with Gasteiger partial charge in [-0.2, -0.15) is 0 Å². The Morgan fingerprint density at radius 3 is 2.76 bits per heavy atom. The van der Waals surface area contributed by atoms with E-state index < -0.39 is 6.04 Å². The quantitative estimate of drug-likeness (QED) is 0.784. The van der Waals surface area contributed by atoms with Gasteiger partial charge < -0.3 is 16.4 Å². The largest absolute Gasteiger partial charge is 0.362 e. The number of fused-ring (bicyclic) bond motifs is 1. The van der Waals surface area contributed by atoms with Crippen LogP contribution < -0.4 is 16.4 Å². The van der Waals surface area contributed by atoms with Gasteiger partial charge in [0.05, 0.1) is 16.8 Å². The number of hydrogen-bond donors (Lipinski definition) is 3. The van der Waals surface area contributed by atoms with Gasteiger partial charge in [0, 0.05) is 17.5 Å². The number of hydrogen-bond acceptors (Lipinski definition) is 3. The summed E-state index contributed by atoms with van der Waals surface area (Å²) >= 11 is 6.26. The number of nitrogens with two attached hydrogens (primary N) is 1. The third kappa shape index (κ3) is 3.90. The molecule has 1 heterocycles. The highest BCUT2D eigenvalue weighted by Gasteiger charge is 2.18. The van der Waals surface area contributed by atoms with Crippen molar-refractivity contribution in [3.8, 4) is 0 Å². The van der Waals surface area contributed by atoms with E-state index in [0.29, 0.717) is 17.1 Å². The molecule has 4 nitrogen and oxygen atoms in total. The van der Waals surface area contributed by atoms with Crippen LogP contribution in [0.4, 0.5) is 10.1 Å². The van der Waals surface area contributed by atoms with Gasteiger partial charge in [0.15, 0.2) is 0 Å². The first-order valence-corrected chi connectivity index (χ1v) is 8.08. The molecule has 6 heteroatoms. The second-order valence-corrected chi connectivity index (χ2v) is 6.21. The van der Waals surface area contributed by atoms with Crippen LogP contribution in [-0.4, -0.2) is 11.9 Å². The maximum Gasteiger partial charge on any atom is 0.241 e. The van der Waals surface area contributed by atoms with Crippen LogP contribution in [0, 0.1) is 5.82 Å². The van der Waals surface area contributed by atoms with Crippen LogP contribution in [0.2, 0.25) is 5.02 Å². The molecule has 0 radical (unpaired) electrons. The summed E-state index contributed by atoms with van der Waals surface area (Å²) in [5, 5.41) is 6.16. The Balaban J connectivity index is 1.73. The Bertz CT molecular complexity index is 862. The third-order valence-corrected chi connectivity index (χ3v) is 4.26. The normalized spacial score (nSPS) is 13.8. The molecule has 25 heavy (non-hydrogen) atoms. The summed E-state index contributed by atoms with van der Waals surface area (Å²) in [4.78, 5) is 12.4. The third-order valence-electron chi connectivity index (χ3n) is 3.95. The summed E-state index contributed by atoms with van der Waals surface area (Å²) in [6.45, 7) is 3.91. The average molecular weight is 358 g/mol. The molecule has 128 valence electrons. The summed E-state index contributed by atoms with van der Waals surface area (Å²) in [6.07, 6.45) is 3.94. The predicted octanol–water partition coefficient (Wildman–Crippen LogP) is 3.53. The number of carbonyl (C=O) groups is 1. The van der Waals surface area contributed by atoms with Gasteiger partial charge in [-0.15, -0.1) is 0 Å². The molecule has 0 aliphatic carbocycles. The summed E-state index contributed by atoms with van der Waals surface area (Å²) in [6, 6.07) is 8.65. The Kier molecular flexibility index (Phi) is 4.88.